The number of anilines is 2. The summed E-state index contributed by atoms with van der Waals surface area (Å²) in [5, 5.41) is 2.79. The summed E-state index contributed by atoms with van der Waals surface area (Å²) in [6, 6.07) is 5.12. The summed E-state index contributed by atoms with van der Waals surface area (Å²) in [6.45, 7) is 0.0302. The van der Waals surface area contributed by atoms with Gasteiger partial charge in [0.15, 0.2) is 23.0 Å². The van der Waals surface area contributed by atoms with Gasteiger partial charge in [-0.1, -0.05) is 0 Å². The van der Waals surface area contributed by atoms with Gasteiger partial charge in [-0.2, -0.15) is 0 Å². The molecule has 1 aromatic carbocycles. The van der Waals surface area contributed by atoms with Gasteiger partial charge >= 0.3 is 0 Å². The summed E-state index contributed by atoms with van der Waals surface area (Å²) in [7, 11) is 3.08. The molecule has 0 radical (unpaired) electrons. The topological polar surface area (TPSA) is 117 Å². The molecule has 3 N–H and O–H groups in total. The zero-order valence-electron chi connectivity index (χ0n) is 13.2. The number of benzene rings is 1. The molecule has 1 amide bonds. The van der Waals surface area contributed by atoms with E-state index in [1.807, 2.05) is 0 Å². The number of amides is 1. The Morgan fingerprint density at radius 1 is 1.21 bits per heavy atom. The highest BCUT2D eigenvalue weighted by Gasteiger charge is 2.12. The van der Waals surface area contributed by atoms with Crippen molar-refractivity contribution in [1.82, 2.24) is 19.5 Å². The van der Waals surface area contributed by atoms with Crippen LogP contribution in [0.15, 0.2) is 30.9 Å². The van der Waals surface area contributed by atoms with Crippen LogP contribution in [0.25, 0.3) is 11.2 Å². The Kier molecular flexibility index (Phi) is 4.15. The van der Waals surface area contributed by atoms with Crippen molar-refractivity contribution in [3.05, 3.63) is 30.9 Å². The van der Waals surface area contributed by atoms with Gasteiger partial charge in [0.05, 0.1) is 20.5 Å². The van der Waals surface area contributed by atoms with E-state index in [2.05, 4.69) is 20.3 Å². The number of nitrogens with two attached hydrogens (primary N) is 1. The van der Waals surface area contributed by atoms with E-state index in [-0.39, 0.29) is 18.3 Å². The fourth-order valence-electron chi connectivity index (χ4n) is 2.32. The molecule has 9 nitrogen and oxygen atoms in total. The first-order valence-corrected chi connectivity index (χ1v) is 7.05. The van der Waals surface area contributed by atoms with Crippen molar-refractivity contribution < 1.29 is 14.3 Å². The standard InChI is InChI=1S/C15H16N6O3/c1-23-10-4-3-9(5-11(10)24-2)20-12(22)6-21-8-19-15-13(21)14(16)17-7-18-15/h3-5,7-8H,6H2,1-2H3,(H,20,22)(H2,16,17,18). The zero-order valence-corrected chi connectivity index (χ0v) is 13.2. The van der Waals surface area contributed by atoms with Gasteiger partial charge in [0, 0.05) is 11.8 Å². The van der Waals surface area contributed by atoms with E-state index in [0.29, 0.717) is 28.4 Å². The maximum atomic E-state index is 12.3. The van der Waals surface area contributed by atoms with Gasteiger partial charge in [0.1, 0.15) is 18.4 Å². The van der Waals surface area contributed by atoms with Crippen molar-refractivity contribution in [1.29, 1.82) is 0 Å². The van der Waals surface area contributed by atoms with E-state index in [9.17, 15) is 4.79 Å². The van der Waals surface area contributed by atoms with Gasteiger partial charge in [-0.05, 0) is 12.1 Å². The molecular formula is C15H16N6O3. The van der Waals surface area contributed by atoms with E-state index >= 15 is 0 Å². The Balaban J connectivity index is 1.78. The molecule has 2 heterocycles. The molecule has 0 fully saturated rings. The monoisotopic (exact) mass is 328 g/mol. The fraction of sp³-hybridized carbons (Fsp3) is 0.200. The first-order valence-electron chi connectivity index (χ1n) is 7.05. The number of hydrogen-bond acceptors (Lipinski definition) is 7. The van der Waals surface area contributed by atoms with Crippen molar-refractivity contribution in [2.75, 3.05) is 25.3 Å². The number of nitrogens with zero attached hydrogens (tertiary/aromatic N) is 4. The minimum Gasteiger partial charge on any atom is -0.493 e. The minimum atomic E-state index is -0.246. The molecule has 3 rings (SSSR count). The molecule has 0 bridgehead atoms. The van der Waals surface area contributed by atoms with Crippen LogP contribution in [-0.2, 0) is 11.3 Å². The smallest absolute Gasteiger partial charge is 0.244 e. The van der Waals surface area contributed by atoms with Gasteiger partial charge in [0.2, 0.25) is 5.91 Å². The predicted molar refractivity (Wildman–Crippen MR) is 87.9 cm³/mol. The largest absolute Gasteiger partial charge is 0.493 e. The van der Waals surface area contributed by atoms with Gasteiger partial charge in [-0.25, -0.2) is 15.0 Å². The third-order valence-corrected chi connectivity index (χ3v) is 3.42. The van der Waals surface area contributed by atoms with E-state index in [0.717, 1.165) is 0 Å². The second-order valence-corrected chi connectivity index (χ2v) is 4.92. The number of nitrogen functional groups attached to an aromatic ring is 1. The van der Waals surface area contributed by atoms with Crippen molar-refractivity contribution >= 4 is 28.6 Å². The van der Waals surface area contributed by atoms with Crippen LogP contribution < -0.4 is 20.5 Å². The van der Waals surface area contributed by atoms with Gasteiger partial charge < -0.3 is 25.1 Å². The number of carbonyl (C=O) groups excluding carboxylic acids is 1. The number of carbonyl (C=O) groups is 1. The molecule has 0 atom stereocenters. The summed E-state index contributed by atoms with van der Waals surface area (Å²) < 4.78 is 12.0. The van der Waals surface area contributed by atoms with Crippen molar-refractivity contribution in [2.24, 2.45) is 0 Å². The second kappa shape index (κ2) is 6.41. The summed E-state index contributed by atoms with van der Waals surface area (Å²) in [5.74, 6) is 1.14. The van der Waals surface area contributed by atoms with E-state index in [4.69, 9.17) is 15.2 Å². The molecule has 0 aliphatic rings. The summed E-state index contributed by atoms with van der Waals surface area (Å²) >= 11 is 0. The Labute approximate surface area is 137 Å². The number of rotatable bonds is 5. The second-order valence-electron chi connectivity index (χ2n) is 4.92. The molecule has 3 aromatic rings. The Morgan fingerprint density at radius 2 is 2.00 bits per heavy atom. The van der Waals surface area contributed by atoms with E-state index in [1.165, 1.54) is 19.8 Å². The lowest BCUT2D eigenvalue weighted by atomic mass is 10.2. The van der Waals surface area contributed by atoms with Gasteiger partial charge in [0.25, 0.3) is 0 Å². The first kappa shape index (κ1) is 15.5. The molecule has 2 aromatic heterocycles. The molecule has 0 aliphatic carbocycles. The van der Waals surface area contributed by atoms with E-state index in [1.54, 1.807) is 29.9 Å². The number of imidazole rings is 1. The highest BCUT2D eigenvalue weighted by atomic mass is 16.5. The number of hydrogen-bond donors (Lipinski definition) is 2. The highest BCUT2D eigenvalue weighted by molar-refractivity contribution is 5.92. The number of nitrogens with one attached hydrogen (secondary N) is 1. The molecule has 0 saturated carbocycles. The zero-order chi connectivity index (χ0) is 17.1. The van der Waals surface area contributed by atoms with E-state index < -0.39 is 0 Å². The summed E-state index contributed by atoms with van der Waals surface area (Å²) in [6.07, 6.45) is 2.84. The van der Waals surface area contributed by atoms with Crippen LogP contribution in [0.3, 0.4) is 0 Å². The van der Waals surface area contributed by atoms with Crippen LogP contribution in [0.5, 0.6) is 11.5 Å². The molecule has 24 heavy (non-hydrogen) atoms. The Bertz CT molecular complexity index is 892. The minimum absolute atomic E-state index is 0.0302. The fourth-order valence-corrected chi connectivity index (χ4v) is 2.32. The van der Waals surface area contributed by atoms with Crippen molar-refractivity contribution in [3.63, 3.8) is 0 Å². The molecule has 124 valence electrons. The SMILES string of the molecule is COc1ccc(NC(=O)Cn2cnc3ncnc(N)c32)cc1OC. The summed E-state index contributed by atoms with van der Waals surface area (Å²) in [4.78, 5) is 24.3. The number of aromatic nitrogens is 4. The van der Waals surface area contributed by atoms with Crippen LogP contribution in [-0.4, -0.2) is 39.6 Å². The molecule has 0 spiro atoms. The predicted octanol–water partition coefficient (Wildman–Crippen LogP) is 1.06. The van der Waals surface area contributed by atoms with Crippen LogP contribution >= 0.6 is 0 Å². The first-order chi connectivity index (χ1) is 11.6. The highest BCUT2D eigenvalue weighted by Crippen LogP contribution is 2.29. The third-order valence-electron chi connectivity index (χ3n) is 3.42. The summed E-state index contributed by atoms with van der Waals surface area (Å²) in [5.41, 5.74) is 7.39. The number of ether oxygens (including phenoxy) is 2. The van der Waals surface area contributed by atoms with Gasteiger partial charge in [-0.3, -0.25) is 4.79 Å². The maximum Gasteiger partial charge on any atom is 0.244 e. The lowest BCUT2D eigenvalue weighted by Crippen LogP contribution is -2.18. The maximum absolute atomic E-state index is 12.3. The molecule has 0 unspecified atom stereocenters. The average molecular weight is 328 g/mol. The third kappa shape index (κ3) is 2.91. The normalized spacial score (nSPS) is 10.6. The quantitative estimate of drug-likeness (QED) is 0.719. The molecule has 0 aliphatic heterocycles. The van der Waals surface area contributed by atoms with Crippen molar-refractivity contribution in [2.45, 2.75) is 6.54 Å². The van der Waals surface area contributed by atoms with Crippen LogP contribution in [0, 0.1) is 0 Å². The lowest BCUT2D eigenvalue weighted by molar-refractivity contribution is -0.116. The number of methoxy groups -OCH3 is 2. The molecule has 9 heteroatoms. The van der Waals surface area contributed by atoms with Crippen molar-refractivity contribution in [3.8, 4) is 11.5 Å². The lowest BCUT2D eigenvalue weighted by Gasteiger charge is -2.11. The van der Waals surface area contributed by atoms with Crippen LogP contribution in [0.4, 0.5) is 11.5 Å². The van der Waals surface area contributed by atoms with Crippen LogP contribution in [0.1, 0.15) is 0 Å². The number of fused-ring (bicyclic) bond motifs is 1. The Hall–Kier alpha value is -3.36. The molecular weight excluding hydrogens is 312 g/mol. The molecule has 0 saturated heterocycles. The van der Waals surface area contributed by atoms with Gasteiger partial charge in [-0.15, -0.1) is 0 Å². The Morgan fingerprint density at radius 3 is 2.75 bits per heavy atom. The average Bonchev–Trinajstić information content (AvgIpc) is 2.99. The van der Waals surface area contributed by atoms with Crippen LogP contribution in [0.2, 0.25) is 0 Å².